The van der Waals surface area contributed by atoms with Crippen molar-refractivity contribution in [3.63, 3.8) is 0 Å². The highest BCUT2D eigenvalue weighted by atomic mass is 32.1. The van der Waals surface area contributed by atoms with Gasteiger partial charge in [0.15, 0.2) is 12.3 Å². The fourth-order valence-electron chi connectivity index (χ4n) is 4.05. The highest BCUT2D eigenvalue weighted by Gasteiger charge is 2.29. The van der Waals surface area contributed by atoms with E-state index in [9.17, 15) is 14.4 Å². The van der Waals surface area contributed by atoms with Crippen molar-refractivity contribution < 1.29 is 23.9 Å². The lowest BCUT2D eigenvalue weighted by atomic mass is 9.88. The van der Waals surface area contributed by atoms with Crippen LogP contribution in [0.3, 0.4) is 0 Å². The molecule has 1 atom stereocenters. The van der Waals surface area contributed by atoms with Crippen LogP contribution < -0.4 is 5.32 Å². The maximum atomic E-state index is 12.6. The molecule has 0 saturated heterocycles. The third-order valence-corrected chi connectivity index (χ3v) is 6.85. The topological polar surface area (TPSA) is 112 Å². The summed E-state index contributed by atoms with van der Waals surface area (Å²) in [6.07, 6.45) is 4.02. The SMILES string of the molecule is CCOC(=O)c1c(NC(=O)COC(=O)c2cnc3c(c2)c(C)nn3C)sc2c1CCC(C)C2. The minimum atomic E-state index is -0.660. The lowest BCUT2D eigenvalue weighted by Gasteiger charge is -2.18. The highest BCUT2D eigenvalue weighted by molar-refractivity contribution is 7.17. The second kappa shape index (κ2) is 9.30. The van der Waals surface area contributed by atoms with Gasteiger partial charge in [-0.15, -0.1) is 11.3 Å². The Morgan fingerprint density at radius 2 is 2.06 bits per heavy atom. The van der Waals surface area contributed by atoms with Crippen LogP contribution in [0, 0.1) is 12.8 Å². The summed E-state index contributed by atoms with van der Waals surface area (Å²) >= 11 is 1.39. The van der Waals surface area contributed by atoms with E-state index < -0.39 is 24.5 Å². The molecule has 1 amide bonds. The number of anilines is 1. The van der Waals surface area contributed by atoms with Gasteiger partial charge in [-0.1, -0.05) is 6.92 Å². The molecule has 10 heteroatoms. The predicted octanol–water partition coefficient (Wildman–Crippen LogP) is 3.44. The number of esters is 2. The number of carbonyl (C=O) groups excluding carboxylic acids is 3. The van der Waals surface area contributed by atoms with Crippen LogP contribution in [0.4, 0.5) is 5.00 Å². The summed E-state index contributed by atoms with van der Waals surface area (Å²) in [6.45, 7) is 5.51. The van der Waals surface area contributed by atoms with E-state index in [1.165, 1.54) is 17.5 Å². The predicted molar refractivity (Wildman–Crippen MR) is 124 cm³/mol. The number of thiophene rings is 1. The van der Waals surface area contributed by atoms with Crippen LogP contribution in [0.25, 0.3) is 11.0 Å². The van der Waals surface area contributed by atoms with E-state index in [1.54, 1.807) is 24.7 Å². The fourth-order valence-corrected chi connectivity index (χ4v) is 5.47. The average molecular weight is 471 g/mol. The zero-order valence-electron chi connectivity index (χ0n) is 19.1. The molecule has 4 rings (SSSR count). The summed E-state index contributed by atoms with van der Waals surface area (Å²) < 4.78 is 12.1. The van der Waals surface area contributed by atoms with E-state index in [0.29, 0.717) is 22.1 Å². The van der Waals surface area contributed by atoms with Gasteiger partial charge >= 0.3 is 11.9 Å². The van der Waals surface area contributed by atoms with Gasteiger partial charge in [0, 0.05) is 23.5 Å². The first-order chi connectivity index (χ1) is 15.8. The van der Waals surface area contributed by atoms with Crippen LogP contribution in [0.1, 0.15) is 57.1 Å². The number of nitrogens with one attached hydrogen (secondary N) is 1. The second-order valence-corrected chi connectivity index (χ2v) is 9.31. The van der Waals surface area contributed by atoms with Crippen LogP contribution in [-0.4, -0.2) is 45.8 Å². The minimum Gasteiger partial charge on any atom is -0.462 e. The molecule has 3 aromatic heterocycles. The molecule has 0 aliphatic heterocycles. The monoisotopic (exact) mass is 470 g/mol. The van der Waals surface area contributed by atoms with Crippen molar-refractivity contribution in [1.82, 2.24) is 14.8 Å². The molecule has 0 saturated carbocycles. The Labute approximate surface area is 195 Å². The number of aryl methyl sites for hydroxylation is 2. The van der Waals surface area contributed by atoms with E-state index in [1.807, 2.05) is 6.92 Å². The van der Waals surface area contributed by atoms with Crippen LogP contribution in [0.2, 0.25) is 0 Å². The molecule has 1 aliphatic rings. The Morgan fingerprint density at radius 3 is 2.82 bits per heavy atom. The van der Waals surface area contributed by atoms with Crippen molar-refractivity contribution in [3.05, 3.63) is 39.5 Å². The molecule has 33 heavy (non-hydrogen) atoms. The zero-order valence-corrected chi connectivity index (χ0v) is 19.9. The second-order valence-electron chi connectivity index (χ2n) is 8.20. The van der Waals surface area contributed by atoms with Crippen LogP contribution in [0.15, 0.2) is 12.3 Å². The molecular weight excluding hydrogens is 444 g/mol. The quantitative estimate of drug-likeness (QED) is 0.549. The van der Waals surface area contributed by atoms with Gasteiger partial charge in [0.05, 0.1) is 23.4 Å². The lowest BCUT2D eigenvalue weighted by molar-refractivity contribution is -0.119. The Hall–Kier alpha value is -3.27. The van der Waals surface area contributed by atoms with Gasteiger partial charge < -0.3 is 14.8 Å². The van der Waals surface area contributed by atoms with Gasteiger partial charge in [-0.05, 0) is 50.7 Å². The molecule has 0 spiro atoms. The maximum absolute atomic E-state index is 12.6. The van der Waals surface area contributed by atoms with Crippen LogP contribution in [-0.2, 0) is 34.2 Å². The summed E-state index contributed by atoms with van der Waals surface area (Å²) in [5.41, 5.74) is 3.01. The van der Waals surface area contributed by atoms with E-state index in [-0.39, 0.29) is 12.2 Å². The number of hydrogen-bond acceptors (Lipinski definition) is 8. The van der Waals surface area contributed by atoms with Crippen molar-refractivity contribution in [3.8, 4) is 0 Å². The highest BCUT2D eigenvalue weighted by Crippen LogP contribution is 2.40. The molecule has 0 aromatic carbocycles. The summed E-state index contributed by atoms with van der Waals surface area (Å²) in [5.74, 6) is -1.10. The molecule has 3 heterocycles. The average Bonchev–Trinajstić information content (AvgIpc) is 3.27. The van der Waals surface area contributed by atoms with E-state index >= 15 is 0 Å². The Morgan fingerprint density at radius 1 is 1.27 bits per heavy atom. The number of hydrogen-bond donors (Lipinski definition) is 1. The van der Waals surface area contributed by atoms with Crippen molar-refractivity contribution in [1.29, 1.82) is 0 Å². The molecule has 1 N–H and O–H groups in total. The van der Waals surface area contributed by atoms with E-state index in [0.717, 1.165) is 40.8 Å². The number of rotatable bonds is 6. The molecule has 0 fully saturated rings. The first kappa shape index (κ1) is 22.9. The minimum absolute atomic E-state index is 0.235. The lowest BCUT2D eigenvalue weighted by Crippen LogP contribution is -2.22. The number of nitrogens with zero attached hydrogens (tertiary/aromatic N) is 3. The van der Waals surface area contributed by atoms with Gasteiger partial charge in [0.1, 0.15) is 5.00 Å². The van der Waals surface area contributed by atoms with E-state index in [4.69, 9.17) is 9.47 Å². The number of carbonyl (C=O) groups is 3. The number of pyridine rings is 1. The van der Waals surface area contributed by atoms with Crippen molar-refractivity contribution in [2.75, 3.05) is 18.5 Å². The summed E-state index contributed by atoms with van der Waals surface area (Å²) in [5, 5.41) is 8.22. The Balaban J connectivity index is 1.46. The third-order valence-electron chi connectivity index (χ3n) is 5.68. The summed E-state index contributed by atoms with van der Waals surface area (Å²) in [6, 6.07) is 1.65. The van der Waals surface area contributed by atoms with Gasteiger partial charge in [0.2, 0.25) is 0 Å². The molecule has 1 unspecified atom stereocenters. The number of aromatic nitrogens is 3. The number of amides is 1. The zero-order chi connectivity index (χ0) is 23.7. The number of ether oxygens (including phenoxy) is 2. The fraction of sp³-hybridized carbons (Fsp3) is 0.435. The molecule has 3 aromatic rings. The van der Waals surface area contributed by atoms with Crippen molar-refractivity contribution in [2.24, 2.45) is 13.0 Å². The number of fused-ring (bicyclic) bond motifs is 2. The molecule has 0 bridgehead atoms. The smallest absolute Gasteiger partial charge is 0.341 e. The Kier molecular flexibility index (Phi) is 6.46. The normalized spacial score (nSPS) is 15.2. The van der Waals surface area contributed by atoms with Gasteiger partial charge in [-0.25, -0.2) is 14.6 Å². The van der Waals surface area contributed by atoms with Crippen molar-refractivity contribution >= 4 is 45.2 Å². The molecule has 0 radical (unpaired) electrons. The third kappa shape index (κ3) is 4.61. The standard InChI is InChI=1S/C23H26N4O5S/c1-5-31-23(30)19-15-7-6-12(2)8-17(15)33-21(19)25-18(28)11-32-22(29)14-9-16-13(3)26-27(4)20(16)24-10-14/h9-10,12H,5-8,11H2,1-4H3,(H,25,28). The molecule has 9 nitrogen and oxygen atoms in total. The van der Waals surface area contributed by atoms with Crippen molar-refractivity contribution in [2.45, 2.75) is 40.0 Å². The molecule has 1 aliphatic carbocycles. The maximum Gasteiger partial charge on any atom is 0.341 e. The van der Waals surface area contributed by atoms with Crippen LogP contribution >= 0.6 is 11.3 Å². The van der Waals surface area contributed by atoms with Gasteiger partial charge in [0.25, 0.3) is 5.91 Å². The molecule has 174 valence electrons. The first-order valence-electron chi connectivity index (χ1n) is 10.9. The van der Waals surface area contributed by atoms with Gasteiger partial charge in [-0.3, -0.25) is 9.48 Å². The summed E-state index contributed by atoms with van der Waals surface area (Å²) in [7, 11) is 1.78. The van der Waals surface area contributed by atoms with E-state index in [2.05, 4.69) is 22.3 Å². The summed E-state index contributed by atoms with van der Waals surface area (Å²) in [4.78, 5) is 43.0. The first-order valence-corrected chi connectivity index (χ1v) is 11.7. The Bertz CT molecular complexity index is 1250. The molecular formula is C23H26N4O5S. The van der Waals surface area contributed by atoms with Gasteiger partial charge in [-0.2, -0.15) is 5.10 Å². The largest absolute Gasteiger partial charge is 0.462 e. The van der Waals surface area contributed by atoms with Crippen LogP contribution in [0.5, 0.6) is 0 Å².